The summed E-state index contributed by atoms with van der Waals surface area (Å²) in [5.41, 5.74) is 0.980. The van der Waals surface area contributed by atoms with E-state index in [2.05, 4.69) is 15.9 Å². The molecule has 1 saturated carbocycles. The molecule has 1 aliphatic heterocycles. The number of carboxylic acids is 1. The van der Waals surface area contributed by atoms with Crippen molar-refractivity contribution >= 4 is 27.8 Å². The van der Waals surface area contributed by atoms with E-state index in [0.717, 1.165) is 29.3 Å². The third-order valence-electron chi connectivity index (χ3n) is 4.90. The smallest absolute Gasteiger partial charge is 0.307 e. The molecule has 0 radical (unpaired) electrons. The lowest BCUT2D eigenvalue weighted by Crippen LogP contribution is -2.40. The van der Waals surface area contributed by atoms with Gasteiger partial charge in [-0.05, 0) is 36.3 Å². The average Bonchev–Trinajstić information content (AvgIpc) is 3.16. The number of carbonyl (C=O) groups is 2. The monoisotopic (exact) mass is 351 g/mol. The minimum atomic E-state index is -0.678. The number of amides is 1. The van der Waals surface area contributed by atoms with Gasteiger partial charge in [0.15, 0.2) is 0 Å². The SMILES string of the molecule is O=C(O)C1CC12CCN(C(=O)Cc1ccccc1Br)CC2. The number of benzene rings is 1. The molecular formula is C16H18BrNO3. The molecule has 4 nitrogen and oxygen atoms in total. The summed E-state index contributed by atoms with van der Waals surface area (Å²) in [6.07, 6.45) is 2.84. The highest BCUT2D eigenvalue weighted by atomic mass is 79.9. The van der Waals surface area contributed by atoms with Crippen LogP contribution in [0.4, 0.5) is 0 Å². The largest absolute Gasteiger partial charge is 0.481 e. The molecule has 0 aromatic heterocycles. The molecule has 1 heterocycles. The summed E-state index contributed by atoms with van der Waals surface area (Å²) in [7, 11) is 0. The fourth-order valence-corrected chi connectivity index (χ4v) is 3.79. The highest BCUT2D eigenvalue weighted by molar-refractivity contribution is 9.10. The van der Waals surface area contributed by atoms with Gasteiger partial charge in [-0.1, -0.05) is 34.1 Å². The summed E-state index contributed by atoms with van der Waals surface area (Å²) in [6, 6.07) is 7.76. The van der Waals surface area contributed by atoms with Crippen molar-refractivity contribution in [2.24, 2.45) is 11.3 Å². The number of halogens is 1. The van der Waals surface area contributed by atoms with Gasteiger partial charge in [-0.3, -0.25) is 9.59 Å². The lowest BCUT2D eigenvalue weighted by Gasteiger charge is -2.32. The predicted octanol–water partition coefficient (Wildman–Crippen LogP) is 2.70. The lowest BCUT2D eigenvalue weighted by molar-refractivity contribution is -0.139. The highest BCUT2D eigenvalue weighted by Crippen LogP contribution is 2.59. The first-order valence-electron chi connectivity index (χ1n) is 7.26. The maximum Gasteiger partial charge on any atom is 0.307 e. The Morgan fingerprint density at radius 3 is 2.52 bits per heavy atom. The van der Waals surface area contributed by atoms with Crippen molar-refractivity contribution in [1.29, 1.82) is 0 Å². The van der Waals surface area contributed by atoms with Gasteiger partial charge in [0.25, 0.3) is 0 Å². The predicted molar refractivity (Wildman–Crippen MR) is 81.8 cm³/mol. The van der Waals surface area contributed by atoms with Gasteiger partial charge in [0.05, 0.1) is 12.3 Å². The Morgan fingerprint density at radius 1 is 1.29 bits per heavy atom. The number of hydrogen-bond acceptors (Lipinski definition) is 2. The summed E-state index contributed by atoms with van der Waals surface area (Å²) < 4.78 is 0.958. The summed E-state index contributed by atoms with van der Waals surface area (Å²) in [5, 5.41) is 9.09. The van der Waals surface area contributed by atoms with Crippen molar-refractivity contribution in [2.75, 3.05) is 13.1 Å². The van der Waals surface area contributed by atoms with Crippen LogP contribution >= 0.6 is 15.9 Å². The number of carboxylic acid groups (broad SMARTS) is 1. The van der Waals surface area contributed by atoms with Crippen LogP contribution in [0.2, 0.25) is 0 Å². The second-order valence-corrected chi connectivity index (χ2v) is 6.96. The van der Waals surface area contributed by atoms with E-state index in [0.29, 0.717) is 19.5 Å². The van der Waals surface area contributed by atoms with Crippen LogP contribution in [0.1, 0.15) is 24.8 Å². The van der Waals surface area contributed by atoms with E-state index in [1.165, 1.54) is 0 Å². The molecule has 1 N–H and O–H groups in total. The van der Waals surface area contributed by atoms with Crippen LogP contribution in [0.15, 0.2) is 28.7 Å². The number of nitrogens with zero attached hydrogens (tertiary/aromatic N) is 1. The molecule has 3 rings (SSSR count). The van der Waals surface area contributed by atoms with Gasteiger partial charge >= 0.3 is 5.97 Å². The molecule has 1 amide bonds. The second kappa shape index (κ2) is 5.44. The van der Waals surface area contributed by atoms with E-state index in [9.17, 15) is 9.59 Å². The van der Waals surface area contributed by atoms with Crippen molar-refractivity contribution in [3.63, 3.8) is 0 Å². The van der Waals surface area contributed by atoms with Crippen molar-refractivity contribution in [1.82, 2.24) is 4.90 Å². The van der Waals surface area contributed by atoms with Crippen LogP contribution in [0.25, 0.3) is 0 Å². The van der Waals surface area contributed by atoms with Crippen molar-refractivity contribution in [3.8, 4) is 0 Å². The molecule has 112 valence electrons. The Labute approximate surface area is 132 Å². The second-order valence-electron chi connectivity index (χ2n) is 6.11. The van der Waals surface area contributed by atoms with Crippen LogP contribution in [-0.2, 0) is 16.0 Å². The van der Waals surface area contributed by atoms with Gasteiger partial charge in [-0.15, -0.1) is 0 Å². The van der Waals surface area contributed by atoms with Crippen molar-refractivity contribution in [2.45, 2.75) is 25.7 Å². The van der Waals surface area contributed by atoms with E-state index >= 15 is 0 Å². The van der Waals surface area contributed by atoms with Crippen LogP contribution in [0.5, 0.6) is 0 Å². The van der Waals surface area contributed by atoms with Crippen molar-refractivity contribution in [3.05, 3.63) is 34.3 Å². The summed E-state index contributed by atoms with van der Waals surface area (Å²) in [6.45, 7) is 1.38. The van der Waals surface area contributed by atoms with Gasteiger partial charge in [0.1, 0.15) is 0 Å². The molecule has 1 aromatic rings. The number of piperidine rings is 1. The summed E-state index contributed by atoms with van der Waals surface area (Å²) in [5.74, 6) is -0.731. The number of hydrogen-bond donors (Lipinski definition) is 1. The summed E-state index contributed by atoms with van der Waals surface area (Å²) in [4.78, 5) is 25.3. The van der Waals surface area contributed by atoms with Crippen LogP contribution < -0.4 is 0 Å². The first kappa shape index (κ1) is 14.6. The summed E-state index contributed by atoms with van der Waals surface area (Å²) >= 11 is 3.46. The van der Waals surface area contributed by atoms with E-state index < -0.39 is 5.97 Å². The highest BCUT2D eigenvalue weighted by Gasteiger charge is 2.59. The van der Waals surface area contributed by atoms with E-state index in [1.807, 2.05) is 29.2 Å². The molecule has 21 heavy (non-hydrogen) atoms. The van der Waals surface area contributed by atoms with E-state index in [1.54, 1.807) is 0 Å². The topological polar surface area (TPSA) is 57.6 Å². The maximum atomic E-state index is 12.4. The number of likely N-dealkylation sites (tertiary alicyclic amines) is 1. The number of carbonyl (C=O) groups excluding carboxylic acids is 1. The minimum Gasteiger partial charge on any atom is -0.481 e. The van der Waals surface area contributed by atoms with Crippen molar-refractivity contribution < 1.29 is 14.7 Å². The third kappa shape index (κ3) is 2.84. The van der Waals surface area contributed by atoms with Gasteiger partial charge < -0.3 is 10.0 Å². The molecule has 2 aliphatic rings. The van der Waals surface area contributed by atoms with Gasteiger partial charge in [-0.25, -0.2) is 0 Å². The van der Waals surface area contributed by atoms with Gasteiger partial charge in [-0.2, -0.15) is 0 Å². The molecule has 5 heteroatoms. The molecule has 1 spiro atoms. The Kier molecular flexibility index (Phi) is 3.78. The average molecular weight is 352 g/mol. The maximum absolute atomic E-state index is 12.4. The zero-order valence-corrected chi connectivity index (χ0v) is 13.3. The quantitative estimate of drug-likeness (QED) is 0.910. The van der Waals surface area contributed by atoms with Crippen LogP contribution in [0.3, 0.4) is 0 Å². The fourth-order valence-electron chi connectivity index (χ4n) is 3.37. The van der Waals surface area contributed by atoms with Crippen LogP contribution in [0, 0.1) is 11.3 Å². The molecular weight excluding hydrogens is 334 g/mol. The van der Waals surface area contributed by atoms with Gasteiger partial charge in [0.2, 0.25) is 5.91 Å². The van der Waals surface area contributed by atoms with E-state index in [-0.39, 0.29) is 17.2 Å². The molecule has 0 bridgehead atoms. The molecule has 1 unspecified atom stereocenters. The Morgan fingerprint density at radius 2 is 1.95 bits per heavy atom. The molecule has 1 aliphatic carbocycles. The van der Waals surface area contributed by atoms with Crippen LogP contribution in [-0.4, -0.2) is 35.0 Å². The Balaban J connectivity index is 1.57. The first-order chi connectivity index (χ1) is 10.0. The number of aliphatic carboxylic acids is 1. The fraction of sp³-hybridized carbons (Fsp3) is 0.500. The minimum absolute atomic E-state index is 0.0179. The normalized spacial score (nSPS) is 23.1. The molecule has 1 atom stereocenters. The first-order valence-corrected chi connectivity index (χ1v) is 8.05. The zero-order chi connectivity index (χ0) is 15.0. The van der Waals surface area contributed by atoms with Gasteiger partial charge in [0, 0.05) is 17.6 Å². The molecule has 2 fully saturated rings. The Hall–Kier alpha value is -1.36. The lowest BCUT2D eigenvalue weighted by atomic mass is 9.90. The third-order valence-corrected chi connectivity index (χ3v) is 5.67. The Bertz CT molecular complexity index is 579. The zero-order valence-electron chi connectivity index (χ0n) is 11.7. The number of rotatable bonds is 3. The molecule has 1 aromatic carbocycles. The molecule has 1 saturated heterocycles. The standard InChI is InChI=1S/C16H18BrNO3/c17-13-4-2-1-3-11(13)9-14(19)18-7-5-16(6-8-18)10-12(16)15(20)21/h1-4,12H,5-10H2,(H,20,21). The van der Waals surface area contributed by atoms with E-state index in [4.69, 9.17) is 5.11 Å².